The van der Waals surface area contributed by atoms with E-state index in [2.05, 4.69) is 19.8 Å². The summed E-state index contributed by atoms with van der Waals surface area (Å²) in [6.45, 7) is 1.95. The maximum Gasteiger partial charge on any atom is 0.586 e. The monoisotopic (exact) mass is 388 g/mol. The SMILES string of the molecule is Cc1ccc2c(c1Nc1nccc3c1ccn3CC(=O)N(C)C)OC(F)(F)O2. The minimum absolute atomic E-state index is 0.0422. The van der Waals surface area contributed by atoms with Gasteiger partial charge in [0, 0.05) is 31.9 Å². The zero-order valence-electron chi connectivity index (χ0n) is 15.5. The van der Waals surface area contributed by atoms with E-state index in [1.165, 1.54) is 11.0 Å². The van der Waals surface area contributed by atoms with Gasteiger partial charge in [0.1, 0.15) is 12.4 Å². The molecular weight excluding hydrogens is 370 g/mol. The second-order valence-corrected chi connectivity index (χ2v) is 6.70. The lowest BCUT2D eigenvalue weighted by Gasteiger charge is -2.14. The van der Waals surface area contributed by atoms with E-state index in [1.807, 2.05) is 6.07 Å². The topological polar surface area (TPSA) is 68.6 Å². The Bertz CT molecular complexity index is 1080. The minimum Gasteiger partial charge on any atom is -0.395 e. The zero-order chi connectivity index (χ0) is 20.1. The quantitative estimate of drug-likeness (QED) is 0.741. The van der Waals surface area contributed by atoms with Gasteiger partial charge in [0.2, 0.25) is 5.91 Å². The van der Waals surface area contributed by atoms with E-state index >= 15 is 0 Å². The number of carbonyl (C=O) groups is 1. The Hall–Kier alpha value is -3.36. The number of aryl methyl sites for hydroxylation is 1. The van der Waals surface area contributed by atoms with Crippen molar-refractivity contribution in [3.63, 3.8) is 0 Å². The molecular formula is C19H18F2N4O3. The first-order valence-electron chi connectivity index (χ1n) is 8.55. The van der Waals surface area contributed by atoms with Crippen molar-refractivity contribution < 1.29 is 23.0 Å². The average molecular weight is 388 g/mol. The highest BCUT2D eigenvalue weighted by molar-refractivity contribution is 5.93. The number of fused-ring (bicyclic) bond motifs is 2. The van der Waals surface area contributed by atoms with Gasteiger partial charge in [0.25, 0.3) is 0 Å². The molecule has 0 bridgehead atoms. The number of pyridine rings is 1. The van der Waals surface area contributed by atoms with Gasteiger partial charge in [-0.1, -0.05) is 6.07 Å². The summed E-state index contributed by atoms with van der Waals surface area (Å²) in [6.07, 6.45) is -0.331. The van der Waals surface area contributed by atoms with Crippen molar-refractivity contribution in [2.24, 2.45) is 0 Å². The molecule has 3 aromatic rings. The number of ether oxygens (including phenoxy) is 2. The number of nitrogens with zero attached hydrogens (tertiary/aromatic N) is 3. The molecule has 0 aliphatic carbocycles. The molecule has 0 atom stereocenters. The summed E-state index contributed by atoms with van der Waals surface area (Å²) in [5, 5.41) is 3.83. The highest BCUT2D eigenvalue weighted by Gasteiger charge is 2.45. The Labute approximate surface area is 159 Å². The van der Waals surface area contributed by atoms with Crippen LogP contribution in [0.2, 0.25) is 0 Å². The highest BCUT2D eigenvalue weighted by atomic mass is 19.3. The van der Waals surface area contributed by atoms with Gasteiger partial charge in [-0.2, -0.15) is 0 Å². The van der Waals surface area contributed by atoms with Crippen LogP contribution in [-0.2, 0) is 11.3 Å². The molecule has 28 heavy (non-hydrogen) atoms. The number of amides is 1. The van der Waals surface area contributed by atoms with Crippen LogP contribution in [0.25, 0.3) is 10.9 Å². The molecule has 0 unspecified atom stereocenters. The zero-order valence-corrected chi connectivity index (χ0v) is 15.5. The molecule has 2 aromatic heterocycles. The number of aromatic nitrogens is 2. The number of carbonyl (C=O) groups excluding carboxylic acids is 1. The highest BCUT2D eigenvalue weighted by Crippen LogP contribution is 2.48. The molecule has 1 aliphatic heterocycles. The summed E-state index contributed by atoms with van der Waals surface area (Å²) in [5.41, 5.74) is 1.84. The largest absolute Gasteiger partial charge is 0.586 e. The lowest BCUT2D eigenvalue weighted by Crippen LogP contribution is -2.26. The van der Waals surface area contributed by atoms with Crippen molar-refractivity contribution in [2.45, 2.75) is 19.8 Å². The molecule has 1 N–H and O–H groups in total. The van der Waals surface area contributed by atoms with E-state index in [9.17, 15) is 13.6 Å². The van der Waals surface area contributed by atoms with Crippen LogP contribution in [-0.4, -0.2) is 40.7 Å². The predicted molar refractivity (Wildman–Crippen MR) is 99.1 cm³/mol. The molecule has 1 aliphatic rings. The van der Waals surface area contributed by atoms with Crippen LogP contribution in [0.4, 0.5) is 20.3 Å². The van der Waals surface area contributed by atoms with E-state index in [0.717, 1.165) is 10.9 Å². The van der Waals surface area contributed by atoms with E-state index in [-0.39, 0.29) is 24.0 Å². The van der Waals surface area contributed by atoms with Crippen LogP contribution >= 0.6 is 0 Å². The number of nitrogens with one attached hydrogen (secondary N) is 1. The molecule has 0 saturated carbocycles. The van der Waals surface area contributed by atoms with E-state index in [1.54, 1.807) is 50.1 Å². The Balaban J connectivity index is 1.72. The van der Waals surface area contributed by atoms with Gasteiger partial charge in [-0.25, -0.2) is 4.98 Å². The van der Waals surface area contributed by atoms with E-state index in [4.69, 9.17) is 0 Å². The smallest absolute Gasteiger partial charge is 0.395 e. The van der Waals surface area contributed by atoms with Crippen molar-refractivity contribution >= 4 is 28.3 Å². The van der Waals surface area contributed by atoms with Crippen LogP contribution in [0.1, 0.15) is 5.56 Å². The number of rotatable bonds is 4. The molecule has 0 radical (unpaired) electrons. The Morgan fingerprint density at radius 1 is 1.25 bits per heavy atom. The number of halogens is 2. The summed E-state index contributed by atoms with van der Waals surface area (Å²) in [4.78, 5) is 17.9. The van der Waals surface area contributed by atoms with Crippen molar-refractivity contribution in [1.82, 2.24) is 14.5 Å². The maximum atomic E-state index is 13.5. The first kappa shape index (κ1) is 18.0. The lowest BCUT2D eigenvalue weighted by molar-refractivity contribution is -0.286. The van der Waals surface area contributed by atoms with Gasteiger partial charge in [0.15, 0.2) is 11.5 Å². The molecule has 4 rings (SSSR count). The van der Waals surface area contributed by atoms with Crippen LogP contribution in [0.3, 0.4) is 0 Å². The van der Waals surface area contributed by atoms with Crippen LogP contribution in [0.15, 0.2) is 36.7 Å². The summed E-state index contributed by atoms with van der Waals surface area (Å²) >= 11 is 0. The molecule has 0 fully saturated rings. The van der Waals surface area contributed by atoms with Crippen molar-refractivity contribution in [3.8, 4) is 11.5 Å². The van der Waals surface area contributed by atoms with Crippen LogP contribution in [0.5, 0.6) is 11.5 Å². The average Bonchev–Trinajstić information content (AvgIpc) is 3.18. The number of hydrogen-bond acceptors (Lipinski definition) is 5. The maximum absolute atomic E-state index is 13.5. The second kappa shape index (κ2) is 6.36. The molecule has 9 heteroatoms. The number of benzene rings is 1. The Morgan fingerprint density at radius 3 is 2.79 bits per heavy atom. The van der Waals surface area contributed by atoms with Gasteiger partial charge in [-0.15, -0.1) is 8.78 Å². The third-order valence-corrected chi connectivity index (χ3v) is 4.53. The molecule has 1 amide bonds. The van der Waals surface area contributed by atoms with Gasteiger partial charge in [-0.3, -0.25) is 4.79 Å². The Kier molecular flexibility index (Phi) is 4.10. The number of alkyl halides is 2. The van der Waals surface area contributed by atoms with E-state index in [0.29, 0.717) is 17.1 Å². The number of hydrogen-bond donors (Lipinski definition) is 1. The summed E-state index contributed by atoms with van der Waals surface area (Å²) in [7, 11) is 3.39. The van der Waals surface area contributed by atoms with Crippen LogP contribution < -0.4 is 14.8 Å². The van der Waals surface area contributed by atoms with Gasteiger partial charge in [-0.05, 0) is 30.7 Å². The predicted octanol–water partition coefficient (Wildman–Crippen LogP) is 3.50. The standard InChI is InChI=1S/C19H18F2N4O3/c1-11-4-5-14-17(28-19(20,21)27-14)16(11)23-18-12-7-9-25(10-15(26)24(2)3)13(12)6-8-22-18/h4-9H,10H2,1-3H3,(H,22,23). The summed E-state index contributed by atoms with van der Waals surface area (Å²) in [6, 6.07) is 6.71. The van der Waals surface area contributed by atoms with Crippen molar-refractivity contribution in [3.05, 3.63) is 42.2 Å². The summed E-state index contributed by atoms with van der Waals surface area (Å²) < 4.78 is 38.0. The number of likely N-dealkylation sites (N-methyl/N-ethyl adjacent to an activating group) is 1. The normalized spacial score (nSPS) is 14.3. The fourth-order valence-corrected chi connectivity index (χ4v) is 3.03. The molecule has 3 heterocycles. The minimum atomic E-state index is -3.71. The third kappa shape index (κ3) is 3.08. The molecule has 0 spiro atoms. The Morgan fingerprint density at radius 2 is 2.04 bits per heavy atom. The van der Waals surface area contributed by atoms with Crippen LogP contribution in [0, 0.1) is 6.92 Å². The third-order valence-electron chi connectivity index (χ3n) is 4.53. The van der Waals surface area contributed by atoms with Gasteiger partial charge in [0.05, 0.1) is 11.2 Å². The second-order valence-electron chi connectivity index (χ2n) is 6.70. The first-order valence-corrected chi connectivity index (χ1v) is 8.55. The van der Waals surface area contributed by atoms with Crippen molar-refractivity contribution in [2.75, 3.05) is 19.4 Å². The lowest BCUT2D eigenvalue weighted by atomic mass is 10.1. The van der Waals surface area contributed by atoms with Gasteiger partial charge >= 0.3 is 6.29 Å². The summed E-state index contributed by atoms with van der Waals surface area (Å²) in [5.74, 6) is 0.308. The van der Waals surface area contributed by atoms with Crippen molar-refractivity contribution in [1.29, 1.82) is 0 Å². The molecule has 146 valence electrons. The van der Waals surface area contributed by atoms with Gasteiger partial charge < -0.3 is 24.3 Å². The first-order chi connectivity index (χ1) is 13.2. The fraction of sp³-hybridized carbons (Fsp3) is 0.263. The number of anilines is 2. The molecule has 0 saturated heterocycles. The molecule has 1 aromatic carbocycles. The van der Waals surface area contributed by atoms with E-state index < -0.39 is 6.29 Å². The molecule has 7 nitrogen and oxygen atoms in total. The fourth-order valence-electron chi connectivity index (χ4n) is 3.03.